The molecular formula is C14H17F3N4O. The average Bonchev–Trinajstić information content (AvgIpc) is 2.78. The molecule has 5 nitrogen and oxygen atoms in total. The molecule has 0 aliphatic rings. The number of likely N-dealkylation sites (N-methyl/N-ethyl adjacent to an activating group) is 1. The van der Waals surface area contributed by atoms with Gasteiger partial charge in [0, 0.05) is 11.1 Å². The van der Waals surface area contributed by atoms with Gasteiger partial charge in [0.1, 0.15) is 0 Å². The number of aromatic nitrogens is 2. The van der Waals surface area contributed by atoms with Crippen LogP contribution in [0.1, 0.15) is 17.3 Å². The van der Waals surface area contributed by atoms with Crippen molar-refractivity contribution >= 4 is 22.5 Å². The number of nitrogens with zero attached hydrogens (tertiary/aromatic N) is 3. The third kappa shape index (κ3) is 3.22. The van der Waals surface area contributed by atoms with E-state index in [-0.39, 0.29) is 0 Å². The van der Waals surface area contributed by atoms with Crippen LogP contribution in [0, 0.1) is 6.92 Å². The van der Waals surface area contributed by atoms with Gasteiger partial charge in [-0.2, -0.15) is 23.0 Å². The van der Waals surface area contributed by atoms with E-state index < -0.39 is 24.7 Å². The predicted octanol–water partition coefficient (Wildman–Crippen LogP) is 2.45. The highest BCUT2D eigenvalue weighted by Crippen LogP contribution is 2.22. The molecule has 0 radical (unpaired) electrons. The van der Waals surface area contributed by atoms with Crippen molar-refractivity contribution < 1.29 is 18.0 Å². The fraction of sp³-hybridized carbons (Fsp3) is 0.429. The van der Waals surface area contributed by atoms with Gasteiger partial charge in [-0.25, -0.2) is 0 Å². The van der Waals surface area contributed by atoms with Crippen LogP contribution in [0.15, 0.2) is 18.3 Å². The van der Waals surface area contributed by atoms with E-state index in [1.54, 1.807) is 12.1 Å². The van der Waals surface area contributed by atoms with Crippen LogP contribution >= 0.6 is 0 Å². The summed E-state index contributed by atoms with van der Waals surface area (Å²) in [6.45, 7) is 2.08. The maximum atomic E-state index is 12.4. The summed E-state index contributed by atoms with van der Waals surface area (Å²) in [6, 6.07) is 2.42. The van der Waals surface area contributed by atoms with E-state index >= 15 is 0 Å². The molecule has 1 aromatic heterocycles. The summed E-state index contributed by atoms with van der Waals surface area (Å²) >= 11 is 0. The molecule has 2 rings (SSSR count). The zero-order chi connectivity index (χ0) is 16.7. The van der Waals surface area contributed by atoms with E-state index in [2.05, 4.69) is 5.10 Å². The molecule has 2 N–H and O–H groups in total. The lowest BCUT2D eigenvalue weighted by molar-refractivity contribution is -0.145. The molecule has 0 spiro atoms. The van der Waals surface area contributed by atoms with E-state index in [9.17, 15) is 18.0 Å². The molecule has 1 aromatic carbocycles. The van der Waals surface area contributed by atoms with Gasteiger partial charge in [-0.15, -0.1) is 0 Å². The molecule has 2 aromatic rings. The van der Waals surface area contributed by atoms with Gasteiger partial charge in [0.2, 0.25) is 0 Å². The number of hydrogen-bond acceptors (Lipinski definition) is 4. The number of nitrogens with two attached hydrogens (primary N) is 1. The molecular weight excluding hydrogens is 297 g/mol. The van der Waals surface area contributed by atoms with Crippen molar-refractivity contribution in [2.45, 2.75) is 26.1 Å². The number of rotatable bonds is 3. The maximum Gasteiger partial charge on any atom is 0.401 e. The normalized spacial score (nSPS) is 13.8. The van der Waals surface area contributed by atoms with E-state index in [1.165, 1.54) is 20.2 Å². The highest BCUT2D eigenvalue weighted by molar-refractivity contribution is 5.94. The van der Waals surface area contributed by atoms with Crippen LogP contribution in [0.25, 0.3) is 10.9 Å². The first-order valence-electron chi connectivity index (χ1n) is 6.65. The first-order chi connectivity index (χ1) is 10.1. The number of nitrogen functional groups attached to an aromatic ring is 1. The number of carbonyl (C=O) groups excluding carboxylic acids is 1. The Labute approximate surface area is 125 Å². The average molecular weight is 314 g/mol. The summed E-state index contributed by atoms with van der Waals surface area (Å²) in [6.07, 6.45) is -2.87. The smallest absolute Gasteiger partial charge is 0.398 e. The van der Waals surface area contributed by atoms with E-state index in [0.717, 1.165) is 15.1 Å². The summed E-state index contributed by atoms with van der Waals surface area (Å²) < 4.78 is 38.4. The van der Waals surface area contributed by atoms with E-state index in [0.29, 0.717) is 16.6 Å². The van der Waals surface area contributed by atoms with Crippen LogP contribution in [0.5, 0.6) is 0 Å². The SMILES string of the molecule is Cc1cc2cnn(C(=O)[C@H](C)N(C)CC(F)(F)F)c2cc1N. The van der Waals surface area contributed by atoms with Crippen LogP contribution in [0.4, 0.5) is 18.9 Å². The largest absolute Gasteiger partial charge is 0.401 e. The Bertz CT molecular complexity index is 708. The quantitative estimate of drug-likeness (QED) is 0.884. The highest BCUT2D eigenvalue weighted by Gasteiger charge is 2.33. The molecule has 1 heterocycles. The molecule has 0 fully saturated rings. The lowest BCUT2D eigenvalue weighted by Gasteiger charge is -2.24. The Balaban J connectivity index is 2.31. The maximum absolute atomic E-state index is 12.4. The Morgan fingerprint density at radius 2 is 2.09 bits per heavy atom. The lowest BCUT2D eigenvalue weighted by Crippen LogP contribution is -2.43. The Hall–Kier alpha value is -2.09. The summed E-state index contributed by atoms with van der Waals surface area (Å²) in [4.78, 5) is 13.3. The van der Waals surface area contributed by atoms with Crippen molar-refractivity contribution in [1.29, 1.82) is 0 Å². The monoisotopic (exact) mass is 314 g/mol. The van der Waals surface area contributed by atoms with Gasteiger partial charge in [-0.3, -0.25) is 9.69 Å². The zero-order valence-electron chi connectivity index (χ0n) is 12.5. The minimum Gasteiger partial charge on any atom is -0.398 e. The summed E-state index contributed by atoms with van der Waals surface area (Å²) in [5, 5.41) is 4.69. The molecule has 120 valence electrons. The fourth-order valence-electron chi connectivity index (χ4n) is 2.16. The fourth-order valence-corrected chi connectivity index (χ4v) is 2.16. The molecule has 0 amide bonds. The molecule has 22 heavy (non-hydrogen) atoms. The molecule has 1 atom stereocenters. The van der Waals surface area contributed by atoms with Crippen molar-refractivity contribution in [3.63, 3.8) is 0 Å². The van der Waals surface area contributed by atoms with E-state index in [1.807, 2.05) is 6.92 Å². The van der Waals surface area contributed by atoms with Crippen molar-refractivity contribution in [2.75, 3.05) is 19.3 Å². The molecule has 8 heteroatoms. The third-order valence-corrected chi connectivity index (χ3v) is 3.61. The topological polar surface area (TPSA) is 64.2 Å². The van der Waals surface area contributed by atoms with Gasteiger partial charge >= 0.3 is 6.18 Å². The van der Waals surface area contributed by atoms with Crippen LogP contribution < -0.4 is 5.73 Å². The van der Waals surface area contributed by atoms with Gasteiger partial charge in [0.15, 0.2) is 0 Å². The second kappa shape index (κ2) is 5.60. The first-order valence-corrected chi connectivity index (χ1v) is 6.65. The molecule has 0 aliphatic heterocycles. The number of fused-ring (bicyclic) bond motifs is 1. The molecule has 0 bridgehead atoms. The predicted molar refractivity (Wildman–Crippen MR) is 77.7 cm³/mol. The Kier molecular flexibility index (Phi) is 4.15. The first kappa shape index (κ1) is 16.3. The summed E-state index contributed by atoms with van der Waals surface area (Å²) in [5.41, 5.74) is 7.66. The Morgan fingerprint density at radius 3 is 2.68 bits per heavy atom. The van der Waals surface area contributed by atoms with Gasteiger partial charge in [0.25, 0.3) is 5.91 Å². The minimum absolute atomic E-state index is 0.486. The van der Waals surface area contributed by atoms with Crippen molar-refractivity contribution in [2.24, 2.45) is 0 Å². The van der Waals surface area contributed by atoms with Gasteiger partial charge < -0.3 is 5.73 Å². The number of alkyl halides is 3. The highest BCUT2D eigenvalue weighted by atomic mass is 19.4. The van der Waals surface area contributed by atoms with Crippen LogP contribution in [0.3, 0.4) is 0 Å². The summed E-state index contributed by atoms with van der Waals surface area (Å²) in [7, 11) is 1.25. The third-order valence-electron chi connectivity index (χ3n) is 3.61. The second-order valence-corrected chi connectivity index (χ2v) is 5.37. The van der Waals surface area contributed by atoms with Gasteiger partial charge in [-0.1, -0.05) is 0 Å². The van der Waals surface area contributed by atoms with E-state index in [4.69, 9.17) is 5.73 Å². The molecule has 0 saturated heterocycles. The second-order valence-electron chi connectivity index (χ2n) is 5.37. The summed E-state index contributed by atoms with van der Waals surface area (Å²) in [5.74, 6) is -0.537. The minimum atomic E-state index is -4.36. The lowest BCUT2D eigenvalue weighted by atomic mass is 10.1. The molecule has 0 unspecified atom stereocenters. The van der Waals surface area contributed by atoms with Crippen molar-refractivity contribution in [1.82, 2.24) is 14.7 Å². The zero-order valence-corrected chi connectivity index (χ0v) is 12.5. The van der Waals surface area contributed by atoms with Crippen molar-refractivity contribution in [3.8, 4) is 0 Å². The number of carbonyl (C=O) groups is 1. The van der Waals surface area contributed by atoms with Gasteiger partial charge in [-0.05, 0) is 38.6 Å². The van der Waals surface area contributed by atoms with Crippen molar-refractivity contribution in [3.05, 3.63) is 23.9 Å². The van der Waals surface area contributed by atoms with Crippen LogP contribution in [0.2, 0.25) is 0 Å². The van der Waals surface area contributed by atoms with Gasteiger partial charge in [0.05, 0.1) is 24.3 Å². The standard InChI is InChI=1S/C14H17F3N4O/c1-8-4-10-6-19-21(12(10)5-11(8)18)13(22)9(2)20(3)7-14(15,16)17/h4-6,9H,7,18H2,1-3H3/t9-/m0/s1. The number of anilines is 1. The number of halogens is 3. The molecule has 0 saturated carbocycles. The Morgan fingerprint density at radius 1 is 1.45 bits per heavy atom. The number of benzene rings is 1. The number of hydrogen-bond donors (Lipinski definition) is 1. The number of aryl methyl sites for hydroxylation is 1. The van der Waals surface area contributed by atoms with Crippen LogP contribution in [-0.2, 0) is 0 Å². The van der Waals surface area contributed by atoms with Crippen LogP contribution in [-0.4, -0.2) is 46.4 Å². The molecule has 0 aliphatic carbocycles.